The molecule has 0 unspecified atom stereocenters. The predicted molar refractivity (Wildman–Crippen MR) is 119 cm³/mol. The Morgan fingerprint density at radius 3 is 1.94 bits per heavy atom. The lowest BCUT2D eigenvalue weighted by molar-refractivity contribution is -0.120. The highest BCUT2D eigenvalue weighted by Crippen LogP contribution is 2.16. The molecule has 0 bridgehead atoms. The Labute approximate surface area is 181 Å². The summed E-state index contributed by atoms with van der Waals surface area (Å²) in [6, 6.07) is 23.6. The number of hydrogen-bond acceptors (Lipinski definition) is 4. The summed E-state index contributed by atoms with van der Waals surface area (Å²) in [7, 11) is -3.69. The largest absolute Gasteiger partial charge is 0.354 e. The third-order valence-corrected chi connectivity index (χ3v) is 5.79. The molecular formula is C23H23N3O4S. The van der Waals surface area contributed by atoms with E-state index in [4.69, 9.17) is 0 Å². The van der Waals surface area contributed by atoms with Crippen molar-refractivity contribution >= 4 is 27.5 Å². The van der Waals surface area contributed by atoms with Gasteiger partial charge in [0, 0.05) is 24.3 Å². The van der Waals surface area contributed by atoms with Crippen LogP contribution in [0.2, 0.25) is 0 Å². The maximum Gasteiger partial charge on any atom is 0.261 e. The number of rotatable bonds is 9. The van der Waals surface area contributed by atoms with Gasteiger partial charge in [-0.1, -0.05) is 48.5 Å². The first-order valence-electron chi connectivity index (χ1n) is 9.71. The Balaban J connectivity index is 1.44. The number of anilines is 1. The Kier molecular flexibility index (Phi) is 7.40. The van der Waals surface area contributed by atoms with Crippen LogP contribution in [0.5, 0.6) is 0 Å². The van der Waals surface area contributed by atoms with Crippen LogP contribution in [0.1, 0.15) is 15.9 Å². The molecule has 0 radical (unpaired) electrons. The summed E-state index contributed by atoms with van der Waals surface area (Å²) < 4.78 is 27.2. The summed E-state index contributed by atoms with van der Waals surface area (Å²) in [6.07, 6.45) is 0.287. The molecule has 0 heterocycles. The first-order valence-corrected chi connectivity index (χ1v) is 11.2. The molecule has 3 aromatic carbocycles. The smallest absolute Gasteiger partial charge is 0.261 e. The average Bonchev–Trinajstić information content (AvgIpc) is 2.78. The number of nitrogens with one attached hydrogen (secondary N) is 3. The molecule has 31 heavy (non-hydrogen) atoms. The maximum atomic E-state index is 12.3. The van der Waals surface area contributed by atoms with Gasteiger partial charge in [-0.3, -0.25) is 14.3 Å². The van der Waals surface area contributed by atoms with Crippen LogP contribution in [0.3, 0.4) is 0 Å². The normalized spacial score (nSPS) is 10.8. The topological polar surface area (TPSA) is 104 Å². The molecule has 3 N–H and O–H groups in total. The van der Waals surface area contributed by atoms with Gasteiger partial charge in [-0.25, -0.2) is 8.42 Å². The van der Waals surface area contributed by atoms with Gasteiger partial charge in [0.1, 0.15) is 0 Å². The van der Waals surface area contributed by atoms with Crippen LogP contribution in [-0.4, -0.2) is 33.3 Å². The highest BCUT2D eigenvalue weighted by Gasteiger charge is 2.14. The standard InChI is InChI=1S/C23H23N3O4S/c27-22(17-18-7-3-1-4-8-18)24-15-16-25-23(28)19-11-13-20(14-12-19)26-31(29,30)21-9-5-2-6-10-21/h1-14,26H,15-17H2,(H,24,27)(H,25,28). The first-order chi connectivity index (χ1) is 14.9. The van der Waals surface area contributed by atoms with E-state index in [1.807, 2.05) is 30.3 Å². The third-order valence-electron chi connectivity index (χ3n) is 4.39. The molecule has 0 aliphatic carbocycles. The van der Waals surface area contributed by atoms with Gasteiger partial charge in [0.2, 0.25) is 5.91 Å². The zero-order valence-corrected chi connectivity index (χ0v) is 17.6. The summed E-state index contributed by atoms with van der Waals surface area (Å²) in [5, 5.41) is 5.48. The van der Waals surface area contributed by atoms with Crippen molar-refractivity contribution in [2.24, 2.45) is 0 Å². The number of carbonyl (C=O) groups excluding carboxylic acids is 2. The van der Waals surface area contributed by atoms with Crippen molar-refractivity contribution in [2.75, 3.05) is 17.8 Å². The van der Waals surface area contributed by atoms with Crippen molar-refractivity contribution in [3.05, 3.63) is 96.1 Å². The lowest BCUT2D eigenvalue weighted by atomic mass is 10.1. The SMILES string of the molecule is O=C(Cc1ccccc1)NCCNC(=O)c1ccc(NS(=O)(=O)c2ccccc2)cc1. The molecule has 0 aromatic heterocycles. The van der Waals surface area contributed by atoms with E-state index in [0.29, 0.717) is 17.8 Å². The molecule has 0 aliphatic heterocycles. The Hall–Kier alpha value is -3.65. The van der Waals surface area contributed by atoms with E-state index in [1.54, 1.807) is 18.2 Å². The minimum absolute atomic E-state index is 0.115. The van der Waals surface area contributed by atoms with Gasteiger partial charge in [0.05, 0.1) is 11.3 Å². The summed E-state index contributed by atoms with van der Waals surface area (Å²) in [5.74, 6) is -0.426. The Morgan fingerprint density at radius 1 is 0.710 bits per heavy atom. The quantitative estimate of drug-likeness (QED) is 0.448. The third kappa shape index (κ3) is 6.68. The van der Waals surface area contributed by atoms with Crippen molar-refractivity contribution in [1.82, 2.24) is 10.6 Å². The zero-order valence-electron chi connectivity index (χ0n) is 16.7. The Morgan fingerprint density at radius 2 is 1.29 bits per heavy atom. The van der Waals surface area contributed by atoms with E-state index < -0.39 is 10.0 Å². The molecule has 0 spiro atoms. The molecule has 0 aliphatic rings. The highest BCUT2D eigenvalue weighted by molar-refractivity contribution is 7.92. The second-order valence-electron chi connectivity index (χ2n) is 6.76. The molecule has 0 atom stereocenters. The van der Waals surface area contributed by atoms with Crippen molar-refractivity contribution in [1.29, 1.82) is 0 Å². The number of hydrogen-bond donors (Lipinski definition) is 3. The predicted octanol–water partition coefficient (Wildman–Crippen LogP) is 2.58. The number of benzene rings is 3. The first kappa shape index (κ1) is 22.0. The summed E-state index contributed by atoms with van der Waals surface area (Å²) >= 11 is 0. The van der Waals surface area contributed by atoms with E-state index in [9.17, 15) is 18.0 Å². The lowest BCUT2D eigenvalue weighted by Crippen LogP contribution is -2.35. The molecular weight excluding hydrogens is 414 g/mol. The average molecular weight is 438 g/mol. The van der Waals surface area contributed by atoms with Gasteiger partial charge in [0.15, 0.2) is 0 Å². The Bertz CT molecular complexity index is 1120. The van der Waals surface area contributed by atoms with Gasteiger partial charge in [0.25, 0.3) is 15.9 Å². The molecule has 0 fully saturated rings. The summed E-state index contributed by atoms with van der Waals surface area (Å²) in [5.41, 5.74) is 1.67. The number of sulfonamides is 1. The highest BCUT2D eigenvalue weighted by atomic mass is 32.2. The van der Waals surface area contributed by atoms with E-state index in [1.165, 1.54) is 36.4 Å². The van der Waals surface area contributed by atoms with Crippen LogP contribution >= 0.6 is 0 Å². The maximum absolute atomic E-state index is 12.3. The zero-order chi connectivity index (χ0) is 22.1. The van der Waals surface area contributed by atoms with Crippen LogP contribution in [-0.2, 0) is 21.2 Å². The van der Waals surface area contributed by atoms with Crippen molar-refractivity contribution in [3.63, 3.8) is 0 Å². The second kappa shape index (κ2) is 10.4. The molecule has 7 nitrogen and oxygen atoms in total. The van der Waals surface area contributed by atoms with E-state index in [-0.39, 0.29) is 29.7 Å². The van der Waals surface area contributed by atoms with Gasteiger partial charge >= 0.3 is 0 Å². The van der Waals surface area contributed by atoms with Crippen LogP contribution in [0.15, 0.2) is 89.8 Å². The van der Waals surface area contributed by atoms with Crippen LogP contribution < -0.4 is 15.4 Å². The lowest BCUT2D eigenvalue weighted by Gasteiger charge is -2.10. The van der Waals surface area contributed by atoms with E-state index in [2.05, 4.69) is 15.4 Å². The fourth-order valence-electron chi connectivity index (χ4n) is 2.83. The van der Waals surface area contributed by atoms with Gasteiger partial charge in [-0.2, -0.15) is 0 Å². The summed E-state index contributed by atoms with van der Waals surface area (Å²) in [4.78, 5) is 24.3. The number of carbonyl (C=O) groups is 2. The van der Waals surface area contributed by atoms with Gasteiger partial charge < -0.3 is 10.6 Å². The molecule has 3 rings (SSSR count). The van der Waals surface area contributed by atoms with Gasteiger partial charge in [-0.05, 0) is 42.0 Å². The van der Waals surface area contributed by atoms with E-state index in [0.717, 1.165) is 5.56 Å². The minimum atomic E-state index is -3.69. The fraction of sp³-hybridized carbons (Fsp3) is 0.130. The fourth-order valence-corrected chi connectivity index (χ4v) is 3.91. The second-order valence-corrected chi connectivity index (χ2v) is 8.45. The van der Waals surface area contributed by atoms with Crippen molar-refractivity contribution < 1.29 is 18.0 Å². The minimum Gasteiger partial charge on any atom is -0.354 e. The molecule has 8 heteroatoms. The van der Waals surface area contributed by atoms with Gasteiger partial charge in [-0.15, -0.1) is 0 Å². The van der Waals surface area contributed by atoms with Crippen LogP contribution in [0.25, 0.3) is 0 Å². The van der Waals surface area contributed by atoms with Crippen LogP contribution in [0, 0.1) is 0 Å². The van der Waals surface area contributed by atoms with Crippen molar-refractivity contribution in [2.45, 2.75) is 11.3 Å². The molecule has 0 saturated carbocycles. The van der Waals surface area contributed by atoms with E-state index >= 15 is 0 Å². The van der Waals surface area contributed by atoms with Crippen molar-refractivity contribution in [3.8, 4) is 0 Å². The molecule has 160 valence electrons. The molecule has 2 amide bonds. The molecule has 3 aromatic rings. The monoisotopic (exact) mass is 437 g/mol. The number of amides is 2. The summed E-state index contributed by atoms with van der Waals surface area (Å²) in [6.45, 7) is 0.591. The molecule has 0 saturated heterocycles. The van der Waals surface area contributed by atoms with Crippen LogP contribution in [0.4, 0.5) is 5.69 Å².